The molecule has 0 saturated heterocycles. The van der Waals surface area contributed by atoms with Crippen molar-refractivity contribution in [2.75, 3.05) is 71.8 Å². The number of esters is 4. The molecule has 23 nitrogen and oxygen atoms in total. The van der Waals surface area contributed by atoms with Gasteiger partial charge in [0, 0.05) is 45.3 Å². The van der Waals surface area contributed by atoms with Crippen LogP contribution in [0.1, 0.15) is 44.4 Å². The summed E-state index contributed by atoms with van der Waals surface area (Å²) in [4.78, 5) is 131. The highest BCUT2D eigenvalue weighted by atomic mass is 16.6. The molecule has 376 valence electrons. The van der Waals surface area contributed by atoms with Crippen LogP contribution >= 0.6 is 0 Å². The van der Waals surface area contributed by atoms with Gasteiger partial charge in [0.25, 0.3) is 0 Å². The number of nitrogen functional groups attached to an aromatic ring is 1. The minimum absolute atomic E-state index is 0.0260. The molecule has 0 aliphatic carbocycles. The van der Waals surface area contributed by atoms with Crippen molar-refractivity contribution in [2.24, 2.45) is 11.8 Å². The van der Waals surface area contributed by atoms with Crippen LogP contribution in [-0.2, 0) is 90.9 Å². The van der Waals surface area contributed by atoms with E-state index in [1.807, 2.05) is 6.07 Å². The summed E-state index contributed by atoms with van der Waals surface area (Å²) in [5, 5.41) is 17.9. The van der Waals surface area contributed by atoms with Gasteiger partial charge >= 0.3 is 23.9 Å². The molecule has 3 aromatic rings. The second-order valence-electron chi connectivity index (χ2n) is 15.6. The minimum Gasteiger partial charge on any atom is -0.465 e. The highest BCUT2D eigenvalue weighted by Crippen LogP contribution is 2.29. The second-order valence-corrected chi connectivity index (χ2v) is 15.6. The summed E-state index contributed by atoms with van der Waals surface area (Å²) < 4.78 is 19.0. The Labute approximate surface area is 407 Å². The molecule has 0 spiro atoms. The number of amides is 7. The van der Waals surface area contributed by atoms with Crippen LogP contribution in [-0.4, -0.2) is 105 Å². The average molecular weight is 983 g/mol. The van der Waals surface area contributed by atoms with Gasteiger partial charge in [0.2, 0.25) is 47.3 Å². The van der Waals surface area contributed by atoms with Crippen molar-refractivity contribution in [3.05, 3.63) is 95.6 Å². The van der Waals surface area contributed by atoms with Gasteiger partial charge in [0.1, 0.15) is 13.2 Å². The van der Waals surface area contributed by atoms with E-state index in [0.717, 1.165) is 22.4 Å². The molecule has 23 heteroatoms. The Morgan fingerprint density at radius 2 is 0.915 bits per heavy atom. The lowest BCUT2D eigenvalue weighted by molar-refractivity contribution is -0.165. The van der Waals surface area contributed by atoms with E-state index in [2.05, 4.69) is 59.8 Å². The predicted molar refractivity (Wildman–Crippen MR) is 256 cm³/mol. The number of carbonyl (C=O) groups is 11. The molecule has 0 saturated carbocycles. The van der Waals surface area contributed by atoms with Crippen LogP contribution < -0.4 is 43.0 Å². The first kappa shape index (κ1) is 54.7. The molecule has 0 radical (unpaired) electrons. The van der Waals surface area contributed by atoms with Gasteiger partial charge in [-0.15, -0.1) is 0 Å². The number of carbonyl (C=O) groups excluding carboxylic acids is 11. The van der Waals surface area contributed by atoms with Crippen LogP contribution in [0.2, 0.25) is 0 Å². The molecule has 9 N–H and O–H groups in total. The maximum Gasteiger partial charge on any atom is 0.333 e. The summed E-state index contributed by atoms with van der Waals surface area (Å²) >= 11 is 0. The molecule has 0 atom stereocenters. The van der Waals surface area contributed by atoms with Gasteiger partial charge in [0.05, 0.1) is 45.6 Å². The Kier molecular flexibility index (Phi) is 20.1. The van der Waals surface area contributed by atoms with Gasteiger partial charge in [-0.1, -0.05) is 31.4 Å². The van der Waals surface area contributed by atoms with Crippen molar-refractivity contribution in [3.8, 4) is 0 Å². The molecule has 3 heterocycles. The topological polar surface area (TPSA) is 335 Å². The Hall–Kier alpha value is -8.89. The van der Waals surface area contributed by atoms with E-state index in [0.29, 0.717) is 23.5 Å². The Morgan fingerprint density at radius 1 is 0.549 bits per heavy atom. The van der Waals surface area contributed by atoms with Crippen LogP contribution in [0.4, 0.5) is 34.1 Å². The molecule has 0 fully saturated rings. The molecule has 7 amide bonds. The van der Waals surface area contributed by atoms with Gasteiger partial charge in [-0.25, -0.2) is 9.59 Å². The number of anilines is 6. The molecule has 3 aliphatic heterocycles. The fraction of sp³-hybridized carbons (Fsp3) is 0.312. The number of hydrogen-bond donors (Lipinski definition) is 8. The number of rotatable bonds is 18. The summed E-state index contributed by atoms with van der Waals surface area (Å²) in [6, 6.07) is 15.0. The Bertz CT molecular complexity index is 2550. The lowest BCUT2D eigenvalue weighted by Crippen LogP contribution is -2.46. The minimum atomic E-state index is -1.82. The van der Waals surface area contributed by atoms with Crippen molar-refractivity contribution >= 4 is 99.4 Å². The van der Waals surface area contributed by atoms with E-state index >= 15 is 0 Å². The van der Waals surface area contributed by atoms with Gasteiger partial charge in [-0.05, 0) is 80.8 Å². The normalized spacial score (nSPS) is 12.3. The second kappa shape index (κ2) is 26.0. The molecule has 0 aromatic heterocycles. The summed E-state index contributed by atoms with van der Waals surface area (Å²) in [6.07, 6.45) is 0.915. The van der Waals surface area contributed by atoms with Crippen LogP contribution in [0.25, 0.3) is 0 Å². The Balaban J connectivity index is 0.000000277. The van der Waals surface area contributed by atoms with Crippen LogP contribution in [0.3, 0.4) is 0 Å². The number of fused-ring (bicyclic) bond motifs is 3. The monoisotopic (exact) mass is 982 g/mol. The Morgan fingerprint density at radius 3 is 1.30 bits per heavy atom. The number of hydrogen-bond acceptors (Lipinski definition) is 16. The molecule has 6 rings (SSSR count). The number of ether oxygens (including phenoxy) is 4. The summed E-state index contributed by atoms with van der Waals surface area (Å²) in [5.74, 6) is -10.7. The zero-order valence-corrected chi connectivity index (χ0v) is 39.3. The summed E-state index contributed by atoms with van der Waals surface area (Å²) in [7, 11) is 0. The molecule has 0 unspecified atom stereocenters. The lowest BCUT2D eigenvalue weighted by Gasteiger charge is -2.17. The fourth-order valence-corrected chi connectivity index (χ4v) is 6.45. The van der Waals surface area contributed by atoms with Crippen LogP contribution in [0, 0.1) is 11.8 Å². The quantitative estimate of drug-likeness (QED) is 0.0225. The first-order valence-electron chi connectivity index (χ1n) is 21.9. The number of nitrogens with one attached hydrogen (secondary N) is 7. The zero-order chi connectivity index (χ0) is 52.4. The van der Waals surface area contributed by atoms with Gasteiger partial charge in [-0.3, -0.25) is 43.2 Å². The molecular weight excluding hydrogens is 929 g/mol. The maximum absolute atomic E-state index is 13.1. The number of nitrogens with two attached hydrogens (primary N) is 1. The van der Waals surface area contributed by atoms with Gasteiger partial charge in [0.15, 0.2) is 5.92 Å². The van der Waals surface area contributed by atoms with Crippen molar-refractivity contribution < 1.29 is 71.7 Å². The van der Waals surface area contributed by atoms with Crippen molar-refractivity contribution in [1.82, 2.24) is 10.6 Å². The third kappa shape index (κ3) is 16.4. The SMILES string of the molecule is C=C(C)C(=O)OCCNC(=O)C(C(=O)Nc1ccc2c(c1)NC(=O)C2)C(=O)Nc1ccc2c(c1)NC(=O)C2.C=C(C)C(=O)OCCNC(=O)C(C(=O)OCC)C(=O)OCC.Nc1ccc2c(c1)NC(=O)C2. The van der Waals surface area contributed by atoms with Crippen molar-refractivity contribution in [2.45, 2.75) is 47.0 Å². The van der Waals surface area contributed by atoms with E-state index in [9.17, 15) is 52.7 Å². The first-order chi connectivity index (χ1) is 33.7. The first-order valence-corrected chi connectivity index (χ1v) is 21.9. The van der Waals surface area contributed by atoms with Crippen LogP contribution in [0.5, 0.6) is 0 Å². The summed E-state index contributed by atoms with van der Waals surface area (Å²) in [5.41, 5.74) is 11.6. The highest BCUT2D eigenvalue weighted by Gasteiger charge is 2.37. The molecular formula is C48H54N8O15. The van der Waals surface area contributed by atoms with Crippen molar-refractivity contribution in [3.63, 3.8) is 0 Å². The van der Waals surface area contributed by atoms with E-state index in [4.69, 9.17) is 15.2 Å². The van der Waals surface area contributed by atoms with E-state index in [1.54, 1.807) is 50.2 Å². The van der Waals surface area contributed by atoms with Crippen LogP contribution in [0.15, 0.2) is 78.9 Å². The van der Waals surface area contributed by atoms with E-state index < -0.39 is 59.3 Å². The molecule has 3 aromatic carbocycles. The molecule has 71 heavy (non-hydrogen) atoms. The van der Waals surface area contributed by atoms with E-state index in [-0.39, 0.29) is 92.6 Å². The average Bonchev–Trinajstić information content (AvgIpc) is 3.99. The third-order valence-electron chi connectivity index (χ3n) is 9.82. The standard InChI is InChI=1S/C26H25N5O7.C14H21NO7.C8H8N2O/c1-13(2)26(37)38-8-7-27-23(34)22(24(35)28-16-5-3-14-9-20(32)30-18(14)11-16)25(36)29-17-6-4-15-10-21(33)31-19(15)12-17;1-5-20-13(18)10(14(19)21-6-2)11(16)15-7-8-22-12(17)9(3)4;9-6-2-1-5-3-8(11)10-7(5)4-6/h3-6,11-12,22H,1,7-10H2,2H3,(H,27,34)(H,28,35)(H,29,36)(H,30,32)(H,31,33);10H,3,5-8H2,1-2,4H3,(H,15,16);1-2,4H,3,9H2,(H,10,11). The van der Waals surface area contributed by atoms with E-state index in [1.165, 1.54) is 26.0 Å². The van der Waals surface area contributed by atoms with Gasteiger partial charge < -0.3 is 61.9 Å². The highest BCUT2D eigenvalue weighted by molar-refractivity contribution is 6.24. The predicted octanol–water partition coefficient (Wildman–Crippen LogP) is 1.83. The third-order valence-corrected chi connectivity index (χ3v) is 9.82. The largest absolute Gasteiger partial charge is 0.465 e. The summed E-state index contributed by atoms with van der Waals surface area (Å²) in [6.45, 7) is 12.5. The maximum atomic E-state index is 13.1. The zero-order valence-electron chi connectivity index (χ0n) is 39.3. The molecule has 0 bridgehead atoms. The van der Waals surface area contributed by atoms with Gasteiger partial charge in [-0.2, -0.15) is 0 Å². The smallest absolute Gasteiger partial charge is 0.333 e. The fourth-order valence-electron chi connectivity index (χ4n) is 6.45. The number of benzene rings is 3. The molecule has 3 aliphatic rings. The lowest BCUT2D eigenvalue weighted by atomic mass is 10.1. The van der Waals surface area contributed by atoms with Crippen molar-refractivity contribution in [1.29, 1.82) is 0 Å².